The van der Waals surface area contributed by atoms with Crippen molar-refractivity contribution in [3.05, 3.63) is 45.8 Å². The van der Waals surface area contributed by atoms with Crippen molar-refractivity contribution >= 4 is 44.3 Å². The molecule has 2 aliphatic rings. The van der Waals surface area contributed by atoms with Gasteiger partial charge in [0.1, 0.15) is 11.0 Å². The minimum Gasteiger partial charge on any atom is -0.462 e. The Morgan fingerprint density at radius 1 is 1.05 bits per heavy atom. The quantitative estimate of drug-likeness (QED) is 0.386. The van der Waals surface area contributed by atoms with Gasteiger partial charge in [-0.1, -0.05) is 24.1 Å². The Kier molecular flexibility index (Phi) is 8.77. The Morgan fingerprint density at radius 3 is 2.37 bits per heavy atom. The number of fused-ring (bicyclic) bond motifs is 1. The zero-order valence-corrected chi connectivity index (χ0v) is 23.8. The van der Waals surface area contributed by atoms with E-state index in [9.17, 15) is 22.8 Å². The van der Waals surface area contributed by atoms with Crippen molar-refractivity contribution in [3.63, 3.8) is 0 Å². The van der Waals surface area contributed by atoms with Gasteiger partial charge in [-0.15, -0.1) is 11.3 Å². The second-order valence-electron chi connectivity index (χ2n) is 9.74. The van der Waals surface area contributed by atoms with Crippen molar-refractivity contribution in [1.29, 1.82) is 0 Å². The molecule has 1 N–H and O–H groups in total. The maximum absolute atomic E-state index is 13.7. The fourth-order valence-corrected chi connectivity index (χ4v) is 7.74. The van der Waals surface area contributed by atoms with E-state index in [-0.39, 0.29) is 11.5 Å². The van der Waals surface area contributed by atoms with Crippen LogP contribution < -0.4 is 5.32 Å². The number of anilines is 1. The van der Waals surface area contributed by atoms with E-state index in [2.05, 4.69) is 5.32 Å². The summed E-state index contributed by atoms with van der Waals surface area (Å²) in [5.41, 5.74) is 2.11. The highest BCUT2D eigenvalue weighted by Crippen LogP contribution is 2.38. The number of benzene rings is 1. The van der Waals surface area contributed by atoms with Gasteiger partial charge in [-0.3, -0.25) is 4.79 Å². The number of carbonyl (C=O) groups is 3. The van der Waals surface area contributed by atoms with Gasteiger partial charge in [-0.05, 0) is 77.0 Å². The Labute approximate surface area is 228 Å². The van der Waals surface area contributed by atoms with E-state index in [0.29, 0.717) is 34.4 Å². The van der Waals surface area contributed by atoms with E-state index in [0.717, 1.165) is 54.5 Å². The first kappa shape index (κ1) is 28.1. The van der Waals surface area contributed by atoms with Crippen LogP contribution in [0.5, 0.6) is 0 Å². The van der Waals surface area contributed by atoms with Crippen molar-refractivity contribution in [2.75, 3.05) is 25.0 Å². The molecular formula is C27H35N3O6S2. The summed E-state index contributed by atoms with van der Waals surface area (Å²) in [6, 6.07) is 4.11. The maximum Gasteiger partial charge on any atom is 0.341 e. The number of ether oxygens (including phenoxy) is 1. The Balaban J connectivity index is 1.69. The van der Waals surface area contributed by atoms with Crippen LogP contribution in [0.1, 0.15) is 72.3 Å². The van der Waals surface area contributed by atoms with E-state index >= 15 is 0 Å². The van der Waals surface area contributed by atoms with Gasteiger partial charge in [0.25, 0.3) is 10.0 Å². The Bertz CT molecular complexity index is 1300. The topological polar surface area (TPSA) is 113 Å². The zero-order valence-electron chi connectivity index (χ0n) is 22.1. The average Bonchev–Trinajstić information content (AvgIpc) is 3.47. The van der Waals surface area contributed by atoms with E-state index in [1.165, 1.54) is 35.3 Å². The summed E-state index contributed by atoms with van der Waals surface area (Å²) in [5, 5.41) is 3.13. The first-order valence-corrected chi connectivity index (χ1v) is 15.4. The molecule has 0 spiro atoms. The number of likely N-dealkylation sites (tertiary alicyclic amines) is 1. The molecule has 2 aromatic rings. The third-order valence-corrected chi connectivity index (χ3v) is 10.1. The second-order valence-corrected chi connectivity index (χ2v) is 12.7. The minimum atomic E-state index is -4.34. The van der Waals surface area contributed by atoms with Crippen molar-refractivity contribution in [3.8, 4) is 0 Å². The van der Waals surface area contributed by atoms with Gasteiger partial charge in [0.2, 0.25) is 5.91 Å². The molecule has 4 rings (SSSR count). The van der Waals surface area contributed by atoms with Crippen molar-refractivity contribution < 1.29 is 27.5 Å². The van der Waals surface area contributed by atoms with Crippen molar-refractivity contribution in [2.45, 2.75) is 76.7 Å². The van der Waals surface area contributed by atoms with Crippen LogP contribution in [0, 0.1) is 6.92 Å². The monoisotopic (exact) mass is 561 g/mol. The number of sulfonamides is 1. The summed E-state index contributed by atoms with van der Waals surface area (Å²) >= 11 is 1.33. The molecule has 1 fully saturated rings. The van der Waals surface area contributed by atoms with Gasteiger partial charge in [-0.25, -0.2) is 22.3 Å². The predicted octanol–water partition coefficient (Wildman–Crippen LogP) is 4.74. The van der Waals surface area contributed by atoms with Crippen LogP contribution in [0.15, 0.2) is 29.2 Å². The van der Waals surface area contributed by atoms with E-state index in [1.54, 1.807) is 19.1 Å². The Morgan fingerprint density at radius 2 is 1.71 bits per heavy atom. The standard InChI is InChI=1S/C27H35N3O6S2/c1-4-36-26(32)23-21-10-6-5-7-11-22(21)37-25(23)28-24(31)19(3)30(27(33)29-16-8-9-17-29)38(34,35)20-14-12-18(2)13-15-20/h12-15,19H,4-11,16-17H2,1-3H3,(H,28,31). The number of hydrogen-bond donors (Lipinski definition) is 1. The van der Waals surface area contributed by atoms with Crippen LogP contribution in [0.2, 0.25) is 0 Å². The number of esters is 1. The van der Waals surface area contributed by atoms with Gasteiger partial charge < -0.3 is 15.0 Å². The van der Waals surface area contributed by atoms with Gasteiger partial charge in [0.15, 0.2) is 0 Å². The summed E-state index contributed by atoms with van der Waals surface area (Å²) in [6.45, 7) is 6.01. The molecule has 1 aromatic heterocycles. The average molecular weight is 562 g/mol. The first-order chi connectivity index (χ1) is 18.1. The second kappa shape index (κ2) is 11.9. The molecule has 0 bridgehead atoms. The number of urea groups is 1. The fourth-order valence-electron chi connectivity index (χ4n) is 4.92. The largest absolute Gasteiger partial charge is 0.462 e. The van der Waals surface area contributed by atoms with E-state index in [4.69, 9.17) is 4.74 Å². The summed E-state index contributed by atoms with van der Waals surface area (Å²) in [5.74, 6) is -1.19. The lowest BCUT2D eigenvalue weighted by Gasteiger charge is -2.31. The summed E-state index contributed by atoms with van der Waals surface area (Å²) < 4.78 is 33.4. The number of nitrogens with one attached hydrogen (secondary N) is 1. The van der Waals surface area contributed by atoms with Gasteiger partial charge in [-0.2, -0.15) is 0 Å². The highest BCUT2D eigenvalue weighted by Gasteiger charge is 2.40. The molecule has 1 unspecified atom stereocenters. The predicted molar refractivity (Wildman–Crippen MR) is 146 cm³/mol. The molecule has 1 saturated heterocycles. The highest BCUT2D eigenvalue weighted by atomic mass is 32.2. The minimum absolute atomic E-state index is 0.0645. The lowest BCUT2D eigenvalue weighted by Crippen LogP contribution is -2.53. The molecule has 1 atom stereocenters. The van der Waals surface area contributed by atoms with Crippen molar-refractivity contribution in [2.24, 2.45) is 0 Å². The number of nitrogens with zero attached hydrogens (tertiary/aromatic N) is 2. The fraction of sp³-hybridized carbons (Fsp3) is 0.519. The molecular weight excluding hydrogens is 526 g/mol. The number of carbonyl (C=O) groups excluding carboxylic acids is 3. The molecule has 11 heteroatoms. The molecule has 2 heterocycles. The number of amides is 3. The molecule has 206 valence electrons. The lowest BCUT2D eigenvalue weighted by molar-refractivity contribution is -0.118. The molecule has 1 aliphatic carbocycles. The number of thiophene rings is 1. The third kappa shape index (κ3) is 5.73. The van der Waals surface area contributed by atoms with Crippen molar-refractivity contribution in [1.82, 2.24) is 9.21 Å². The third-order valence-electron chi connectivity index (χ3n) is 7.01. The van der Waals surface area contributed by atoms with Crippen LogP contribution in [0.3, 0.4) is 0 Å². The molecule has 0 saturated carbocycles. The lowest BCUT2D eigenvalue weighted by atomic mass is 10.1. The molecule has 38 heavy (non-hydrogen) atoms. The van der Waals surface area contributed by atoms with E-state index < -0.39 is 34.0 Å². The first-order valence-electron chi connectivity index (χ1n) is 13.2. The van der Waals surface area contributed by atoms with Gasteiger partial charge >= 0.3 is 12.0 Å². The summed E-state index contributed by atoms with van der Waals surface area (Å²) in [6.07, 6.45) is 6.06. The molecule has 1 aliphatic heterocycles. The summed E-state index contributed by atoms with van der Waals surface area (Å²) in [7, 11) is -4.34. The number of hydrogen-bond acceptors (Lipinski definition) is 7. The van der Waals surface area contributed by atoms with Crippen LogP contribution in [0.4, 0.5) is 9.80 Å². The highest BCUT2D eigenvalue weighted by molar-refractivity contribution is 7.89. The van der Waals surface area contributed by atoms with E-state index in [1.807, 2.05) is 6.92 Å². The molecule has 1 aromatic carbocycles. The maximum atomic E-state index is 13.7. The van der Waals surface area contributed by atoms with Crippen LogP contribution >= 0.6 is 11.3 Å². The SMILES string of the molecule is CCOC(=O)c1c(NC(=O)C(C)N(C(=O)N2CCCC2)S(=O)(=O)c2ccc(C)cc2)sc2c1CCCCC2. The van der Waals surface area contributed by atoms with Gasteiger partial charge in [0.05, 0.1) is 17.1 Å². The van der Waals surface area contributed by atoms with Crippen LogP contribution in [-0.2, 0) is 32.4 Å². The smallest absolute Gasteiger partial charge is 0.341 e. The molecule has 9 nitrogen and oxygen atoms in total. The summed E-state index contributed by atoms with van der Waals surface area (Å²) in [4.78, 5) is 42.4. The van der Waals surface area contributed by atoms with Crippen LogP contribution in [-0.4, -0.2) is 61.3 Å². The Hall–Kier alpha value is -2.92. The molecule has 3 amide bonds. The number of aryl methyl sites for hydroxylation is 2. The normalized spacial score (nSPS) is 16.3. The van der Waals surface area contributed by atoms with Gasteiger partial charge in [0, 0.05) is 18.0 Å². The molecule has 0 radical (unpaired) electrons. The number of rotatable bonds is 7. The zero-order chi connectivity index (χ0) is 27.4. The van der Waals surface area contributed by atoms with Crippen LogP contribution in [0.25, 0.3) is 0 Å².